The maximum Gasteiger partial charge on any atom is 0.257 e. The molecule has 1 aromatic carbocycles. The van der Waals surface area contributed by atoms with Gasteiger partial charge in [0.25, 0.3) is 5.91 Å². The van der Waals surface area contributed by atoms with E-state index in [9.17, 15) is 9.18 Å². The number of aromatic nitrogens is 4. The zero-order valence-electron chi connectivity index (χ0n) is 18.8. The molecule has 1 amide bonds. The Balaban J connectivity index is 1.48. The van der Waals surface area contributed by atoms with Crippen LogP contribution >= 0.6 is 0 Å². The number of nitrogens with zero attached hydrogens (tertiary/aromatic N) is 5. The molecule has 33 heavy (non-hydrogen) atoms. The van der Waals surface area contributed by atoms with Crippen molar-refractivity contribution >= 4 is 34.0 Å². The summed E-state index contributed by atoms with van der Waals surface area (Å²) in [6.07, 6.45) is 6.57. The number of pyridine rings is 1. The fourth-order valence-electron chi connectivity index (χ4n) is 4.37. The van der Waals surface area contributed by atoms with E-state index in [2.05, 4.69) is 44.3 Å². The Morgan fingerprint density at radius 3 is 2.79 bits per heavy atom. The molecule has 0 radical (unpaired) electrons. The number of halogens is 1. The average molecular weight is 448 g/mol. The molecule has 3 aromatic heterocycles. The first-order chi connectivity index (χ1) is 15.9. The highest BCUT2D eigenvalue weighted by molar-refractivity contribution is 6.13. The zero-order valence-corrected chi connectivity index (χ0v) is 18.8. The molecule has 1 aliphatic heterocycles. The van der Waals surface area contributed by atoms with Crippen molar-refractivity contribution in [1.29, 1.82) is 0 Å². The number of benzene rings is 1. The number of aryl methyl sites for hydroxylation is 1. The van der Waals surface area contributed by atoms with Crippen LogP contribution in [0.2, 0.25) is 0 Å². The van der Waals surface area contributed by atoms with E-state index in [0.29, 0.717) is 39.9 Å². The van der Waals surface area contributed by atoms with E-state index in [1.165, 1.54) is 6.07 Å². The van der Waals surface area contributed by atoms with Gasteiger partial charge in [-0.15, -0.1) is 0 Å². The number of anilines is 2. The quantitative estimate of drug-likeness (QED) is 0.499. The maximum atomic E-state index is 14.4. The van der Waals surface area contributed by atoms with Gasteiger partial charge in [0.2, 0.25) is 0 Å². The summed E-state index contributed by atoms with van der Waals surface area (Å²) in [4.78, 5) is 28.6. The van der Waals surface area contributed by atoms with Crippen molar-refractivity contribution in [3.63, 3.8) is 0 Å². The lowest BCUT2D eigenvalue weighted by Gasteiger charge is -2.37. The third kappa shape index (κ3) is 4.00. The number of carbonyl (C=O) groups is 1. The Kier molecular flexibility index (Phi) is 5.41. The van der Waals surface area contributed by atoms with Crippen LogP contribution in [0, 0.1) is 18.7 Å². The molecule has 1 atom stereocenters. The highest BCUT2D eigenvalue weighted by Gasteiger charge is 2.25. The van der Waals surface area contributed by atoms with Gasteiger partial charge < -0.3 is 19.9 Å². The number of rotatable bonds is 4. The fraction of sp³-hybridized carbons (Fsp3) is 0.333. The lowest BCUT2D eigenvalue weighted by molar-refractivity contribution is 0.102. The maximum absolute atomic E-state index is 14.4. The van der Waals surface area contributed by atoms with Crippen LogP contribution in [-0.4, -0.2) is 50.9 Å². The third-order valence-corrected chi connectivity index (χ3v) is 6.08. The van der Waals surface area contributed by atoms with Crippen molar-refractivity contribution in [1.82, 2.24) is 24.7 Å². The third-order valence-electron chi connectivity index (χ3n) is 6.08. The van der Waals surface area contributed by atoms with Crippen molar-refractivity contribution < 1.29 is 9.18 Å². The molecule has 0 unspecified atom stereocenters. The lowest BCUT2D eigenvalue weighted by atomic mass is 10.0. The normalized spacial score (nSPS) is 16.6. The van der Waals surface area contributed by atoms with Crippen LogP contribution in [0.5, 0.6) is 0 Å². The number of hydrogen-bond donors (Lipinski definition) is 2. The molecular formula is C24H26FN7O. The summed E-state index contributed by atoms with van der Waals surface area (Å²) < 4.78 is 16.0. The number of carbonyl (C=O) groups excluding carboxylic acids is 1. The molecule has 1 saturated heterocycles. The Bertz CT molecular complexity index is 1350. The lowest BCUT2D eigenvalue weighted by Crippen LogP contribution is -2.53. The van der Waals surface area contributed by atoms with E-state index in [4.69, 9.17) is 0 Å². The standard InChI is InChI=1S/C24H26FN7O/c1-14(2)19-13-31(9-8-26-19)20-5-4-17(21-22(20)28-7-6-27-21)24(33)30-16-10-18(25)23-29-15(3)11-32(23)12-16/h4-7,10-12,14,19,26H,8-9,13H2,1-3H3,(H,30,33)/t19-/m1/s1. The molecule has 0 saturated carbocycles. The molecule has 5 rings (SSSR count). The average Bonchev–Trinajstić information content (AvgIpc) is 3.19. The largest absolute Gasteiger partial charge is 0.367 e. The first kappa shape index (κ1) is 21.3. The summed E-state index contributed by atoms with van der Waals surface area (Å²) >= 11 is 0. The van der Waals surface area contributed by atoms with Crippen molar-refractivity contribution in [3.8, 4) is 0 Å². The van der Waals surface area contributed by atoms with Crippen LogP contribution in [0.4, 0.5) is 15.8 Å². The molecule has 4 aromatic rings. The second-order valence-electron chi connectivity index (χ2n) is 8.78. The first-order valence-electron chi connectivity index (χ1n) is 11.1. The van der Waals surface area contributed by atoms with Crippen LogP contribution < -0.4 is 15.5 Å². The summed E-state index contributed by atoms with van der Waals surface area (Å²) in [6.45, 7) is 8.80. The van der Waals surface area contributed by atoms with Crippen molar-refractivity contribution in [2.45, 2.75) is 26.8 Å². The van der Waals surface area contributed by atoms with Crippen molar-refractivity contribution in [2.75, 3.05) is 29.9 Å². The van der Waals surface area contributed by atoms with Crippen LogP contribution in [0.15, 0.2) is 43.0 Å². The first-order valence-corrected chi connectivity index (χ1v) is 11.1. The van der Waals surface area contributed by atoms with Gasteiger partial charge in [-0.3, -0.25) is 14.8 Å². The SMILES string of the molecule is Cc1cn2cc(NC(=O)c3ccc(N4CCN[C@@H](C(C)C)C4)c4nccnc34)cc(F)c2n1. The van der Waals surface area contributed by atoms with E-state index >= 15 is 0 Å². The summed E-state index contributed by atoms with van der Waals surface area (Å²) in [6, 6.07) is 5.35. The zero-order chi connectivity index (χ0) is 23.1. The van der Waals surface area contributed by atoms with Crippen LogP contribution in [-0.2, 0) is 0 Å². The van der Waals surface area contributed by atoms with Crippen LogP contribution in [0.25, 0.3) is 16.7 Å². The second-order valence-corrected chi connectivity index (χ2v) is 8.78. The Morgan fingerprint density at radius 1 is 1.21 bits per heavy atom. The number of amides is 1. The molecule has 2 N–H and O–H groups in total. The molecule has 0 bridgehead atoms. The minimum Gasteiger partial charge on any atom is -0.367 e. The van der Waals surface area contributed by atoms with Gasteiger partial charge >= 0.3 is 0 Å². The molecule has 4 heterocycles. The predicted molar refractivity (Wildman–Crippen MR) is 126 cm³/mol. The van der Waals surface area contributed by atoms with Crippen molar-refractivity contribution in [2.24, 2.45) is 5.92 Å². The topological polar surface area (TPSA) is 87.5 Å². The summed E-state index contributed by atoms with van der Waals surface area (Å²) in [5.41, 5.74) is 3.81. The number of fused-ring (bicyclic) bond motifs is 2. The number of hydrogen-bond acceptors (Lipinski definition) is 6. The number of piperazine rings is 1. The summed E-state index contributed by atoms with van der Waals surface area (Å²) in [5.74, 6) is -0.366. The van der Waals surface area contributed by atoms with Gasteiger partial charge in [-0.05, 0) is 25.0 Å². The highest BCUT2D eigenvalue weighted by Crippen LogP contribution is 2.29. The van der Waals surface area contributed by atoms with E-state index in [1.807, 2.05) is 6.07 Å². The van der Waals surface area contributed by atoms with Gasteiger partial charge in [0.05, 0.1) is 22.6 Å². The molecule has 1 fully saturated rings. The van der Waals surface area contributed by atoms with Gasteiger partial charge in [-0.1, -0.05) is 13.8 Å². The molecule has 9 heteroatoms. The Labute approximate surface area is 190 Å². The minimum absolute atomic E-state index is 0.224. The fourth-order valence-corrected chi connectivity index (χ4v) is 4.37. The van der Waals surface area contributed by atoms with Crippen LogP contribution in [0.1, 0.15) is 29.9 Å². The summed E-state index contributed by atoms with van der Waals surface area (Å²) in [5, 5.41) is 6.36. The minimum atomic E-state index is -0.501. The van der Waals surface area contributed by atoms with E-state index in [-0.39, 0.29) is 11.6 Å². The second kappa shape index (κ2) is 8.40. The van der Waals surface area contributed by atoms with Gasteiger partial charge in [0.15, 0.2) is 11.5 Å². The van der Waals surface area contributed by atoms with E-state index < -0.39 is 5.82 Å². The molecule has 8 nitrogen and oxygen atoms in total. The van der Waals surface area contributed by atoms with Gasteiger partial charge in [0, 0.05) is 56.5 Å². The Hall–Kier alpha value is -3.59. The van der Waals surface area contributed by atoms with E-state index in [1.54, 1.807) is 42.2 Å². The van der Waals surface area contributed by atoms with E-state index in [0.717, 1.165) is 25.3 Å². The summed E-state index contributed by atoms with van der Waals surface area (Å²) in [7, 11) is 0. The highest BCUT2D eigenvalue weighted by atomic mass is 19.1. The van der Waals surface area contributed by atoms with Gasteiger partial charge in [-0.2, -0.15) is 0 Å². The Morgan fingerprint density at radius 2 is 2.00 bits per heavy atom. The van der Waals surface area contributed by atoms with Crippen LogP contribution in [0.3, 0.4) is 0 Å². The number of nitrogens with one attached hydrogen (secondary N) is 2. The smallest absolute Gasteiger partial charge is 0.257 e. The molecule has 1 aliphatic rings. The molecule has 170 valence electrons. The number of imidazole rings is 1. The predicted octanol–water partition coefficient (Wildman–Crippen LogP) is 3.41. The molecular weight excluding hydrogens is 421 g/mol. The van der Waals surface area contributed by atoms with Gasteiger partial charge in [-0.25, -0.2) is 9.37 Å². The van der Waals surface area contributed by atoms with Crippen molar-refractivity contribution in [3.05, 3.63) is 60.1 Å². The van der Waals surface area contributed by atoms with Gasteiger partial charge in [0.1, 0.15) is 11.0 Å². The molecule has 0 spiro atoms. The monoisotopic (exact) mass is 447 g/mol. The molecule has 0 aliphatic carbocycles.